The number of rotatable bonds is 4. The zero-order valence-corrected chi connectivity index (χ0v) is 9.68. The second-order valence-electron chi connectivity index (χ2n) is 2.88. The van der Waals surface area contributed by atoms with E-state index in [2.05, 4.69) is 10.9 Å². The van der Waals surface area contributed by atoms with Gasteiger partial charge in [0.2, 0.25) is 0 Å². The fourth-order valence-electron chi connectivity index (χ4n) is 1.02. The smallest absolute Gasteiger partial charge is 0.134 e. The van der Waals surface area contributed by atoms with Crippen LogP contribution in [0.2, 0.25) is 5.02 Å². The van der Waals surface area contributed by atoms with Crippen molar-refractivity contribution in [3.8, 4) is 12.1 Å². The van der Waals surface area contributed by atoms with Crippen LogP contribution in [0.3, 0.4) is 0 Å². The number of hydrogen-bond acceptors (Lipinski definition) is 4. The predicted molar refractivity (Wildman–Crippen MR) is 63.0 cm³/mol. The Morgan fingerprint density at radius 2 is 2.12 bits per heavy atom. The standard InChI is InChI=1S/C10H8Cl2N4/c11-7(4-13)6-15-16-10-3-1-2-9(12)8(10)5-14/h1-3,7,15-16H,6H2/t7-/m1/s1. The topological polar surface area (TPSA) is 71.6 Å². The van der Waals surface area contributed by atoms with Gasteiger partial charge in [-0.1, -0.05) is 17.7 Å². The van der Waals surface area contributed by atoms with E-state index in [0.717, 1.165) is 0 Å². The summed E-state index contributed by atoms with van der Waals surface area (Å²) in [6, 6.07) is 8.90. The molecule has 0 radical (unpaired) electrons. The third-order valence-electron chi connectivity index (χ3n) is 1.77. The molecule has 1 atom stereocenters. The molecule has 1 rings (SSSR count). The van der Waals surface area contributed by atoms with Gasteiger partial charge in [-0.2, -0.15) is 10.5 Å². The van der Waals surface area contributed by atoms with Crippen LogP contribution < -0.4 is 10.9 Å². The van der Waals surface area contributed by atoms with E-state index in [0.29, 0.717) is 16.3 Å². The maximum atomic E-state index is 8.87. The number of nitrogens with zero attached hydrogens (tertiary/aromatic N) is 2. The lowest BCUT2D eigenvalue weighted by Gasteiger charge is -2.10. The van der Waals surface area contributed by atoms with E-state index in [1.807, 2.05) is 12.1 Å². The molecule has 2 N–H and O–H groups in total. The highest BCUT2D eigenvalue weighted by Crippen LogP contribution is 2.22. The van der Waals surface area contributed by atoms with Crippen LogP contribution in [0, 0.1) is 22.7 Å². The quantitative estimate of drug-likeness (QED) is 0.639. The van der Waals surface area contributed by atoms with Gasteiger partial charge < -0.3 is 5.43 Å². The van der Waals surface area contributed by atoms with Gasteiger partial charge in [0.1, 0.15) is 11.4 Å². The molecule has 0 unspecified atom stereocenters. The first kappa shape index (κ1) is 12.6. The molecule has 6 heteroatoms. The molecule has 0 amide bonds. The zero-order chi connectivity index (χ0) is 12.0. The van der Waals surface area contributed by atoms with Crippen molar-refractivity contribution in [2.75, 3.05) is 12.0 Å². The SMILES string of the molecule is N#Cc1c(Cl)cccc1NNC[C@H](Cl)C#N. The molecule has 0 aliphatic heterocycles. The Bertz CT molecular complexity index is 447. The molecule has 0 bridgehead atoms. The second kappa shape index (κ2) is 6.19. The van der Waals surface area contributed by atoms with Gasteiger partial charge >= 0.3 is 0 Å². The Labute approximate surface area is 103 Å². The monoisotopic (exact) mass is 254 g/mol. The number of nitriles is 2. The molecule has 0 fully saturated rings. The lowest BCUT2D eigenvalue weighted by atomic mass is 10.2. The van der Waals surface area contributed by atoms with E-state index in [1.54, 1.807) is 18.2 Å². The molecule has 82 valence electrons. The van der Waals surface area contributed by atoms with Gasteiger partial charge in [-0.05, 0) is 12.1 Å². The number of halogens is 2. The molecular formula is C10H8Cl2N4. The number of nitrogens with one attached hydrogen (secondary N) is 2. The molecule has 1 aromatic carbocycles. The average Bonchev–Trinajstić information content (AvgIpc) is 2.29. The highest BCUT2D eigenvalue weighted by molar-refractivity contribution is 6.32. The molecule has 0 aliphatic rings. The minimum Gasteiger partial charge on any atom is -0.320 e. The lowest BCUT2D eigenvalue weighted by molar-refractivity contribution is 0.803. The zero-order valence-electron chi connectivity index (χ0n) is 8.17. The molecule has 0 saturated heterocycles. The second-order valence-corrected chi connectivity index (χ2v) is 3.81. The van der Waals surface area contributed by atoms with Crippen LogP contribution in [0.5, 0.6) is 0 Å². The number of hydrogen-bond donors (Lipinski definition) is 2. The molecule has 4 nitrogen and oxygen atoms in total. The third-order valence-corrected chi connectivity index (χ3v) is 2.34. The maximum Gasteiger partial charge on any atom is 0.134 e. The van der Waals surface area contributed by atoms with Crippen LogP contribution in [0.15, 0.2) is 18.2 Å². The summed E-state index contributed by atoms with van der Waals surface area (Å²) in [6.45, 7) is 0.259. The Morgan fingerprint density at radius 1 is 1.38 bits per heavy atom. The Hall–Kier alpha value is -1.46. The Kier molecular flexibility index (Phi) is 4.88. The maximum absolute atomic E-state index is 8.87. The van der Waals surface area contributed by atoms with E-state index in [9.17, 15) is 0 Å². The summed E-state index contributed by atoms with van der Waals surface area (Å²) in [7, 11) is 0. The van der Waals surface area contributed by atoms with Gasteiger partial charge in [0, 0.05) is 6.54 Å². The fraction of sp³-hybridized carbons (Fsp3) is 0.200. The third kappa shape index (κ3) is 3.29. The minimum absolute atomic E-state index is 0.259. The van der Waals surface area contributed by atoms with Gasteiger partial charge in [0.25, 0.3) is 0 Å². The lowest BCUT2D eigenvalue weighted by Crippen LogP contribution is -2.28. The average molecular weight is 255 g/mol. The molecule has 0 spiro atoms. The first-order valence-electron chi connectivity index (χ1n) is 4.40. The van der Waals surface area contributed by atoms with E-state index in [-0.39, 0.29) is 6.54 Å². The van der Waals surface area contributed by atoms with Crippen molar-refractivity contribution in [1.29, 1.82) is 10.5 Å². The van der Waals surface area contributed by atoms with Gasteiger partial charge in [0.05, 0.1) is 22.3 Å². The van der Waals surface area contributed by atoms with Gasteiger partial charge in [-0.25, -0.2) is 5.43 Å². The van der Waals surface area contributed by atoms with Gasteiger partial charge in [0.15, 0.2) is 0 Å². The molecule has 0 aromatic heterocycles. The van der Waals surface area contributed by atoms with E-state index in [4.69, 9.17) is 33.7 Å². The molecule has 0 saturated carbocycles. The van der Waals surface area contributed by atoms with E-state index < -0.39 is 5.38 Å². The highest BCUT2D eigenvalue weighted by Gasteiger charge is 2.06. The summed E-state index contributed by atoms with van der Waals surface area (Å²) in [5, 5.41) is 17.1. The van der Waals surface area contributed by atoms with Crippen molar-refractivity contribution in [2.45, 2.75) is 5.38 Å². The van der Waals surface area contributed by atoms with Crippen molar-refractivity contribution < 1.29 is 0 Å². The van der Waals surface area contributed by atoms with Crippen molar-refractivity contribution in [2.24, 2.45) is 0 Å². The van der Waals surface area contributed by atoms with Crippen LogP contribution in [0.1, 0.15) is 5.56 Å². The highest BCUT2D eigenvalue weighted by atomic mass is 35.5. The summed E-state index contributed by atoms with van der Waals surface area (Å²) < 4.78 is 0. The van der Waals surface area contributed by atoms with E-state index >= 15 is 0 Å². The first-order valence-corrected chi connectivity index (χ1v) is 5.21. The van der Waals surface area contributed by atoms with Crippen LogP contribution in [-0.4, -0.2) is 11.9 Å². The van der Waals surface area contributed by atoms with Gasteiger partial charge in [-0.3, -0.25) is 0 Å². The van der Waals surface area contributed by atoms with Crippen LogP contribution in [-0.2, 0) is 0 Å². The molecule has 16 heavy (non-hydrogen) atoms. The normalized spacial score (nSPS) is 11.2. The summed E-state index contributed by atoms with van der Waals surface area (Å²) in [6.07, 6.45) is 0. The summed E-state index contributed by atoms with van der Waals surface area (Å²) in [5.41, 5.74) is 6.42. The molecular weight excluding hydrogens is 247 g/mol. The minimum atomic E-state index is -0.628. The van der Waals surface area contributed by atoms with Crippen LogP contribution >= 0.6 is 23.2 Å². The predicted octanol–water partition coefficient (Wildman–Crippen LogP) is 2.26. The number of anilines is 1. The Morgan fingerprint density at radius 3 is 2.75 bits per heavy atom. The fourth-order valence-corrected chi connectivity index (χ4v) is 1.32. The van der Waals surface area contributed by atoms with Crippen LogP contribution in [0.4, 0.5) is 5.69 Å². The Balaban J connectivity index is 2.65. The molecule has 1 aromatic rings. The summed E-state index contributed by atoms with van der Waals surface area (Å²) in [4.78, 5) is 0. The van der Waals surface area contributed by atoms with Gasteiger partial charge in [-0.15, -0.1) is 11.6 Å². The molecule has 0 aliphatic carbocycles. The summed E-state index contributed by atoms with van der Waals surface area (Å²) >= 11 is 11.4. The number of hydrazine groups is 1. The van der Waals surface area contributed by atoms with Crippen molar-refractivity contribution >= 4 is 28.9 Å². The summed E-state index contributed by atoms with van der Waals surface area (Å²) in [5.74, 6) is 0. The van der Waals surface area contributed by atoms with Crippen molar-refractivity contribution in [3.05, 3.63) is 28.8 Å². The number of benzene rings is 1. The van der Waals surface area contributed by atoms with Crippen molar-refractivity contribution in [1.82, 2.24) is 5.43 Å². The first-order chi connectivity index (χ1) is 7.69. The van der Waals surface area contributed by atoms with Crippen LogP contribution in [0.25, 0.3) is 0 Å². The number of alkyl halides is 1. The van der Waals surface area contributed by atoms with Crippen molar-refractivity contribution in [3.63, 3.8) is 0 Å². The van der Waals surface area contributed by atoms with E-state index in [1.165, 1.54) is 0 Å². The molecule has 0 heterocycles. The largest absolute Gasteiger partial charge is 0.320 e.